The molecule has 158 valence electrons. The number of aromatic amines is 1. The van der Waals surface area contributed by atoms with E-state index in [9.17, 15) is 0 Å². The fraction of sp³-hybridized carbons (Fsp3) is 0.500. The lowest BCUT2D eigenvalue weighted by atomic mass is 10.1. The minimum absolute atomic E-state index is 0.102. The Balaban J connectivity index is 1.71. The second-order valence-electron chi connectivity index (χ2n) is 7.43. The van der Waals surface area contributed by atoms with Crippen molar-refractivity contribution >= 4 is 28.2 Å². The van der Waals surface area contributed by atoms with Crippen molar-refractivity contribution in [1.82, 2.24) is 20.4 Å². The van der Waals surface area contributed by atoms with E-state index in [1.165, 1.54) is 23.1 Å². The van der Waals surface area contributed by atoms with Gasteiger partial charge in [-0.15, -0.1) is 11.3 Å². The molecule has 2 aromatic heterocycles. The number of thiazole rings is 1. The van der Waals surface area contributed by atoms with Gasteiger partial charge in [-0.25, -0.2) is 4.98 Å². The zero-order valence-corrected chi connectivity index (χ0v) is 19.6. The van der Waals surface area contributed by atoms with Gasteiger partial charge in [-0.3, -0.25) is 0 Å². The summed E-state index contributed by atoms with van der Waals surface area (Å²) in [7, 11) is 0. The van der Waals surface area contributed by atoms with E-state index >= 15 is 0 Å². The number of nitrogens with one attached hydrogen (secondary N) is 2. The Morgan fingerprint density at radius 1 is 1.14 bits per heavy atom. The van der Waals surface area contributed by atoms with Crippen LogP contribution in [0.1, 0.15) is 65.1 Å². The van der Waals surface area contributed by atoms with Crippen molar-refractivity contribution < 1.29 is 0 Å². The molecule has 5 nitrogen and oxygen atoms in total. The Morgan fingerprint density at radius 2 is 1.90 bits per heavy atom. The average Bonchev–Trinajstić information content (AvgIpc) is 3.37. The Kier molecular flexibility index (Phi) is 10.8. The van der Waals surface area contributed by atoms with Crippen molar-refractivity contribution in [3.8, 4) is 0 Å². The molecule has 0 spiro atoms. The van der Waals surface area contributed by atoms with Gasteiger partial charge in [0.1, 0.15) is 5.69 Å². The average molecular weight is 432 g/mol. The molecule has 0 aromatic carbocycles. The number of nitrogens with zero attached hydrogens (tertiary/aromatic N) is 3. The Morgan fingerprint density at radius 3 is 2.55 bits per heavy atom. The van der Waals surface area contributed by atoms with Crippen LogP contribution in [0.4, 0.5) is 5.13 Å². The lowest BCUT2D eigenvalue weighted by Crippen LogP contribution is -2.14. The molecule has 2 heterocycles. The molecule has 0 amide bonds. The van der Waals surface area contributed by atoms with Gasteiger partial charge in [-0.1, -0.05) is 34.9 Å². The van der Waals surface area contributed by atoms with Gasteiger partial charge in [0.25, 0.3) is 0 Å². The molecule has 0 bridgehead atoms. The molecule has 0 saturated heterocycles. The van der Waals surface area contributed by atoms with Gasteiger partial charge in [0, 0.05) is 23.1 Å². The van der Waals surface area contributed by atoms with Crippen LogP contribution in [0.25, 0.3) is 0 Å². The van der Waals surface area contributed by atoms with Crippen molar-refractivity contribution in [2.45, 2.75) is 59.4 Å². The number of allylic oxidation sites excluding steroid dienone is 5. The largest absolute Gasteiger partial charge is 0.352 e. The van der Waals surface area contributed by atoms with Gasteiger partial charge in [-0.2, -0.15) is 27.2 Å². The summed E-state index contributed by atoms with van der Waals surface area (Å²) in [5.41, 5.74) is 5.27. The zero-order valence-electron chi connectivity index (χ0n) is 17.9. The first-order chi connectivity index (χ1) is 14.0. The molecule has 1 unspecified atom stereocenters. The van der Waals surface area contributed by atoms with Crippen LogP contribution in [-0.2, 0) is 0 Å². The Labute approximate surface area is 183 Å². The maximum atomic E-state index is 4.32. The molecule has 0 radical (unpaired) electrons. The third kappa shape index (κ3) is 9.94. The Bertz CT molecular complexity index is 772. The first-order valence-corrected chi connectivity index (χ1v) is 12.1. The van der Waals surface area contributed by atoms with Crippen molar-refractivity contribution in [2.75, 3.05) is 16.8 Å². The van der Waals surface area contributed by atoms with Crippen LogP contribution in [0.15, 0.2) is 52.7 Å². The maximum Gasteiger partial charge on any atom is 0.183 e. The predicted molar refractivity (Wildman–Crippen MR) is 128 cm³/mol. The van der Waals surface area contributed by atoms with E-state index in [4.69, 9.17) is 0 Å². The summed E-state index contributed by atoms with van der Waals surface area (Å²) in [6, 6.07) is 0.102. The van der Waals surface area contributed by atoms with E-state index in [0.717, 1.165) is 41.6 Å². The summed E-state index contributed by atoms with van der Waals surface area (Å²) < 4.78 is 0. The maximum absolute atomic E-state index is 4.32. The fourth-order valence-corrected chi connectivity index (χ4v) is 4.36. The Hall–Kier alpha value is -1.86. The smallest absolute Gasteiger partial charge is 0.183 e. The summed E-state index contributed by atoms with van der Waals surface area (Å²) >= 11 is 3.50. The van der Waals surface area contributed by atoms with Gasteiger partial charge in [-0.05, 0) is 53.4 Å². The van der Waals surface area contributed by atoms with E-state index in [0.29, 0.717) is 0 Å². The number of aromatic nitrogens is 4. The van der Waals surface area contributed by atoms with E-state index in [2.05, 4.69) is 71.6 Å². The monoisotopic (exact) mass is 431 g/mol. The second-order valence-corrected chi connectivity index (χ2v) is 9.40. The predicted octanol–water partition coefficient (Wildman–Crippen LogP) is 6.57. The molecule has 29 heavy (non-hydrogen) atoms. The molecule has 2 aromatic rings. The zero-order chi connectivity index (χ0) is 20.9. The summed E-state index contributed by atoms with van der Waals surface area (Å²) in [5.74, 6) is 1.92. The SMILES string of the molecule is CC(C)=CCC/C(C)=C/CC/C(C)=C/CSCC(Nc1nccs1)c1cn[nH]n1. The van der Waals surface area contributed by atoms with Crippen LogP contribution in [-0.4, -0.2) is 31.9 Å². The number of hydrogen-bond acceptors (Lipinski definition) is 6. The highest BCUT2D eigenvalue weighted by molar-refractivity contribution is 7.99. The molecule has 2 rings (SSSR count). The third-order valence-corrected chi connectivity index (χ3v) is 6.15. The van der Waals surface area contributed by atoms with Crippen LogP contribution in [0.3, 0.4) is 0 Å². The summed E-state index contributed by atoms with van der Waals surface area (Å²) in [4.78, 5) is 4.32. The number of thioether (sulfide) groups is 1. The van der Waals surface area contributed by atoms with Crippen molar-refractivity contribution in [2.24, 2.45) is 0 Å². The van der Waals surface area contributed by atoms with Gasteiger partial charge < -0.3 is 5.32 Å². The lowest BCUT2D eigenvalue weighted by Gasteiger charge is -2.14. The number of rotatable bonds is 13. The quantitative estimate of drug-likeness (QED) is 0.277. The number of anilines is 1. The molecule has 2 N–H and O–H groups in total. The van der Waals surface area contributed by atoms with E-state index < -0.39 is 0 Å². The fourth-order valence-electron chi connectivity index (χ4n) is 2.75. The van der Waals surface area contributed by atoms with Crippen LogP contribution < -0.4 is 5.32 Å². The molecule has 1 atom stereocenters. The third-order valence-electron chi connectivity index (χ3n) is 4.48. The molecule has 0 aliphatic carbocycles. The van der Waals surface area contributed by atoms with E-state index in [1.807, 2.05) is 23.3 Å². The summed E-state index contributed by atoms with van der Waals surface area (Å²) in [6.45, 7) is 8.80. The molecule has 7 heteroatoms. The highest BCUT2D eigenvalue weighted by atomic mass is 32.2. The van der Waals surface area contributed by atoms with Crippen molar-refractivity contribution in [3.05, 3.63) is 58.4 Å². The minimum Gasteiger partial charge on any atom is -0.352 e. The highest BCUT2D eigenvalue weighted by Crippen LogP contribution is 2.23. The number of H-pyrrole nitrogens is 1. The molecule has 0 fully saturated rings. The van der Waals surface area contributed by atoms with Crippen LogP contribution in [0.5, 0.6) is 0 Å². The van der Waals surface area contributed by atoms with E-state index in [-0.39, 0.29) is 6.04 Å². The molecule has 0 aliphatic rings. The molecular formula is C22H33N5S2. The minimum atomic E-state index is 0.102. The first kappa shape index (κ1) is 23.4. The first-order valence-electron chi connectivity index (χ1n) is 10.1. The van der Waals surface area contributed by atoms with Gasteiger partial charge in [0.05, 0.1) is 12.2 Å². The van der Waals surface area contributed by atoms with Crippen molar-refractivity contribution in [1.29, 1.82) is 0 Å². The van der Waals surface area contributed by atoms with Gasteiger partial charge in [0.2, 0.25) is 0 Å². The van der Waals surface area contributed by atoms with Crippen LogP contribution in [0, 0.1) is 0 Å². The topological polar surface area (TPSA) is 66.5 Å². The molecule has 0 aliphatic heterocycles. The summed E-state index contributed by atoms with van der Waals surface area (Å²) in [6.07, 6.45) is 15.2. The standard InChI is InChI=1S/C22H33N5S2/c1-17(2)7-5-8-18(3)9-6-10-19(4)11-13-28-16-21(20-15-24-27-26-20)25-22-23-12-14-29-22/h7,9,11-12,14-15,21H,5-6,8,10,13,16H2,1-4H3,(H,23,25)(H,24,26,27)/b18-9+,19-11+. The van der Waals surface area contributed by atoms with Gasteiger partial charge >= 0.3 is 0 Å². The van der Waals surface area contributed by atoms with Crippen LogP contribution in [0.2, 0.25) is 0 Å². The summed E-state index contributed by atoms with van der Waals surface area (Å²) in [5, 5.41) is 17.2. The molecular weight excluding hydrogens is 398 g/mol. The van der Waals surface area contributed by atoms with Gasteiger partial charge in [0.15, 0.2) is 5.13 Å². The normalized spacial score (nSPS) is 13.4. The molecule has 0 saturated carbocycles. The van der Waals surface area contributed by atoms with E-state index in [1.54, 1.807) is 17.5 Å². The number of hydrogen-bond donors (Lipinski definition) is 2. The van der Waals surface area contributed by atoms with Crippen LogP contribution >= 0.6 is 23.1 Å². The highest BCUT2D eigenvalue weighted by Gasteiger charge is 2.15. The van der Waals surface area contributed by atoms with Crippen molar-refractivity contribution in [3.63, 3.8) is 0 Å². The lowest BCUT2D eigenvalue weighted by molar-refractivity contribution is 0.825. The second kappa shape index (κ2) is 13.4.